The fourth-order valence-corrected chi connectivity index (χ4v) is 8.13. The molecule has 2 aliphatic heterocycles. The molecule has 10 nitrogen and oxygen atoms in total. The molecule has 2 atom stereocenters. The summed E-state index contributed by atoms with van der Waals surface area (Å²) in [6.45, 7) is 3.43. The number of halogens is 1. The molecule has 1 N–H and O–H groups in total. The van der Waals surface area contributed by atoms with Crippen molar-refractivity contribution in [3.63, 3.8) is 0 Å². The van der Waals surface area contributed by atoms with Gasteiger partial charge >= 0.3 is 0 Å². The van der Waals surface area contributed by atoms with Crippen molar-refractivity contribution in [1.29, 1.82) is 0 Å². The van der Waals surface area contributed by atoms with Crippen LogP contribution in [0, 0.1) is 18.7 Å². The summed E-state index contributed by atoms with van der Waals surface area (Å²) in [5.41, 5.74) is 1.48. The third kappa shape index (κ3) is 6.06. The number of carbonyl (C=O) groups excluding carboxylic acids is 2. The Morgan fingerprint density at radius 3 is 2.56 bits per heavy atom. The van der Waals surface area contributed by atoms with Crippen molar-refractivity contribution in [2.75, 3.05) is 26.2 Å². The van der Waals surface area contributed by atoms with Crippen molar-refractivity contribution in [1.82, 2.24) is 28.9 Å². The molecule has 2 aliphatic rings. The third-order valence-electron chi connectivity index (χ3n) is 9.83. The Kier molecular flexibility index (Phi) is 8.46. The lowest BCUT2D eigenvalue weighted by molar-refractivity contribution is -0.142. The van der Waals surface area contributed by atoms with Crippen LogP contribution in [0.25, 0.3) is 21.6 Å². The molecule has 0 spiro atoms. The molecular weight excluding hydrogens is 631 g/mol. The summed E-state index contributed by atoms with van der Waals surface area (Å²) in [4.78, 5) is 54.2. The van der Waals surface area contributed by atoms with Crippen LogP contribution in [0.4, 0.5) is 4.39 Å². The van der Waals surface area contributed by atoms with Gasteiger partial charge in [0.05, 0.1) is 23.2 Å². The lowest BCUT2D eigenvalue weighted by Gasteiger charge is -2.43. The monoisotopic (exact) mass is 668 g/mol. The first-order valence-electron chi connectivity index (χ1n) is 16.2. The van der Waals surface area contributed by atoms with Crippen LogP contribution in [0.3, 0.4) is 0 Å². The van der Waals surface area contributed by atoms with Gasteiger partial charge in [-0.1, -0.05) is 42.5 Å². The Morgan fingerprint density at radius 1 is 1.04 bits per heavy atom. The van der Waals surface area contributed by atoms with Crippen LogP contribution in [0.1, 0.15) is 46.1 Å². The number of aliphatic hydroxyl groups is 1. The van der Waals surface area contributed by atoms with Crippen molar-refractivity contribution in [2.45, 2.75) is 44.2 Å². The first kappa shape index (κ1) is 31.9. The zero-order valence-electron chi connectivity index (χ0n) is 26.9. The fourth-order valence-electron chi connectivity index (χ4n) is 7.10. The van der Waals surface area contributed by atoms with Gasteiger partial charge < -0.3 is 19.5 Å². The van der Waals surface area contributed by atoms with Gasteiger partial charge in [0.2, 0.25) is 5.91 Å². The summed E-state index contributed by atoms with van der Waals surface area (Å²) >= 11 is 1.26. The van der Waals surface area contributed by atoms with Crippen LogP contribution >= 0.6 is 11.3 Å². The maximum absolute atomic E-state index is 14.1. The second-order valence-corrected chi connectivity index (χ2v) is 14.0. The van der Waals surface area contributed by atoms with Gasteiger partial charge in [0, 0.05) is 56.8 Å². The second-order valence-electron chi connectivity index (χ2n) is 13.0. The minimum atomic E-state index is -1.14. The van der Waals surface area contributed by atoms with Crippen molar-refractivity contribution in [3.8, 4) is 10.6 Å². The van der Waals surface area contributed by atoms with Crippen LogP contribution in [-0.2, 0) is 18.4 Å². The summed E-state index contributed by atoms with van der Waals surface area (Å²) in [5, 5.41) is 12.6. The van der Waals surface area contributed by atoms with E-state index < -0.39 is 5.60 Å². The molecule has 0 bridgehead atoms. The number of rotatable bonds is 6. The summed E-state index contributed by atoms with van der Waals surface area (Å²) in [6, 6.07) is 17.8. The van der Waals surface area contributed by atoms with Crippen molar-refractivity contribution in [2.24, 2.45) is 13.0 Å². The first-order valence-corrected chi connectivity index (χ1v) is 17.0. The number of aryl methyl sites for hydroxylation is 2. The van der Waals surface area contributed by atoms with Crippen LogP contribution < -0.4 is 5.56 Å². The van der Waals surface area contributed by atoms with E-state index in [0.717, 1.165) is 5.56 Å². The summed E-state index contributed by atoms with van der Waals surface area (Å²) < 4.78 is 17.1. The van der Waals surface area contributed by atoms with Gasteiger partial charge in [0.1, 0.15) is 27.7 Å². The Bertz CT molecular complexity index is 2050. The molecule has 2 aromatic carbocycles. The van der Waals surface area contributed by atoms with Crippen molar-refractivity contribution >= 4 is 34.2 Å². The number of benzene rings is 2. The fraction of sp³-hybridized carbons (Fsp3) is 0.361. The maximum Gasteiger partial charge on any atom is 0.265 e. The predicted octanol–water partition coefficient (Wildman–Crippen LogP) is 4.61. The van der Waals surface area contributed by atoms with Gasteiger partial charge in [-0.2, -0.15) is 0 Å². The van der Waals surface area contributed by atoms with Crippen LogP contribution in [-0.4, -0.2) is 77.6 Å². The van der Waals surface area contributed by atoms with Gasteiger partial charge in [-0.3, -0.25) is 19.0 Å². The highest BCUT2D eigenvalue weighted by Gasteiger charge is 2.42. The highest BCUT2D eigenvalue weighted by Crippen LogP contribution is 2.37. The van der Waals surface area contributed by atoms with E-state index in [0.29, 0.717) is 77.6 Å². The number of aromatic nitrogens is 4. The van der Waals surface area contributed by atoms with E-state index in [1.807, 2.05) is 47.2 Å². The molecule has 12 heteroatoms. The molecule has 5 heterocycles. The number of hydrogen-bond acceptors (Lipinski definition) is 7. The minimum absolute atomic E-state index is 0.0184. The molecule has 3 aromatic heterocycles. The van der Waals surface area contributed by atoms with E-state index >= 15 is 0 Å². The number of piperidine rings is 2. The molecule has 0 radical (unpaired) electrons. The molecule has 248 valence electrons. The van der Waals surface area contributed by atoms with Gasteiger partial charge in [-0.25, -0.2) is 14.4 Å². The van der Waals surface area contributed by atoms with Crippen LogP contribution in [0.5, 0.6) is 0 Å². The average molecular weight is 669 g/mol. The molecule has 2 amide bonds. The third-order valence-corrected chi connectivity index (χ3v) is 11.0. The molecule has 2 fully saturated rings. The molecule has 48 heavy (non-hydrogen) atoms. The summed E-state index contributed by atoms with van der Waals surface area (Å²) in [5.74, 6) is -1.02. The molecular formula is C36H37FN6O4S. The van der Waals surface area contributed by atoms with E-state index in [2.05, 4.69) is 9.97 Å². The number of likely N-dealkylation sites (tertiary alicyclic amines) is 2. The van der Waals surface area contributed by atoms with Gasteiger partial charge in [0.25, 0.3) is 11.5 Å². The number of thiazole rings is 1. The van der Waals surface area contributed by atoms with Crippen LogP contribution in [0.15, 0.2) is 78.0 Å². The van der Waals surface area contributed by atoms with E-state index in [1.54, 1.807) is 35.9 Å². The van der Waals surface area contributed by atoms with E-state index in [4.69, 9.17) is 0 Å². The highest BCUT2D eigenvalue weighted by atomic mass is 32.1. The normalized spacial score (nSPS) is 19.5. The smallest absolute Gasteiger partial charge is 0.265 e. The number of carbonyl (C=O) groups is 2. The number of hydrogen-bond donors (Lipinski definition) is 1. The highest BCUT2D eigenvalue weighted by molar-refractivity contribution is 7.17. The molecule has 0 aliphatic carbocycles. The molecule has 5 aromatic rings. The molecule has 2 saturated heterocycles. The summed E-state index contributed by atoms with van der Waals surface area (Å²) in [6.07, 6.45) is 4.44. The van der Waals surface area contributed by atoms with Crippen LogP contribution in [0.2, 0.25) is 0 Å². The minimum Gasteiger partial charge on any atom is -0.388 e. The van der Waals surface area contributed by atoms with Crippen molar-refractivity contribution in [3.05, 3.63) is 105 Å². The largest absolute Gasteiger partial charge is 0.388 e. The predicted molar refractivity (Wildman–Crippen MR) is 181 cm³/mol. The van der Waals surface area contributed by atoms with Gasteiger partial charge in [-0.05, 0) is 49.9 Å². The second kappa shape index (κ2) is 12.7. The molecule has 0 saturated carbocycles. The first-order chi connectivity index (χ1) is 23.1. The Hall–Kier alpha value is -4.68. The van der Waals surface area contributed by atoms with Gasteiger partial charge in [0.15, 0.2) is 0 Å². The van der Waals surface area contributed by atoms with E-state index in [9.17, 15) is 23.9 Å². The maximum atomic E-state index is 14.1. The zero-order chi connectivity index (χ0) is 33.6. The van der Waals surface area contributed by atoms with Crippen molar-refractivity contribution < 1.29 is 19.1 Å². The zero-order valence-corrected chi connectivity index (χ0v) is 27.7. The standard InChI is InChI=1S/C36H37FN6O4S/c1-23-30(48-32(39-23)25-9-6-10-26(37)19-25)35(46)42-16-12-27(29(20-42)24-7-4-3-5-8-24)33(44)41-17-13-36(47,14-18-41)21-43-22-38-31-28(34(43)45)11-15-40(31)2/h3-11,15,19,22,27,29,47H,12-14,16-18,20-21H2,1-2H3/t27-,29+/m1/s1. The Morgan fingerprint density at radius 2 is 1.81 bits per heavy atom. The lowest BCUT2D eigenvalue weighted by Crippen LogP contribution is -2.53. The lowest BCUT2D eigenvalue weighted by atomic mass is 9.79. The SMILES string of the molecule is Cc1nc(-c2cccc(F)c2)sc1C(=O)N1CC[C@@H](C(=O)N2CCC(O)(Cn3cnc4c(ccn4C)c3=O)CC2)[C@H](c2ccccc2)C1. The van der Waals surface area contributed by atoms with E-state index in [-0.39, 0.29) is 41.6 Å². The quantitative estimate of drug-likeness (QED) is 0.283. The summed E-state index contributed by atoms with van der Waals surface area (Å²) in [7, 11) is 1.83. The number of amides is 2. The Labute approximate surface area is 281 Å². The average Bonchev–Trinajstić information content (AvgIpc) is 3.68. The molecule has 0 unspecified atom stereocenters. The Balaban J connectivity index is 1.05. The van der Waals surface area contributed by atoms with E-state index in [1.165, 1.54) is 34.4 Å². The van der Waals surface area contributed by atoms with Gasteiger partial charge in [-0.15, -0.1) is 11.3 Å². The topological polar surface area (TPSA) is 114 Å². The number of nitrogens with zero attached hydrogens (tertiary/aromatic N) is 6. The number of fused-ring (bicyclic) bond motifs is 1. The molecule has 7 rings (SSSR count).